The SMILES string of the molecule is Cc1ccc(CN2CC[C@@H]3C[C@H](c4ccncn4)O[C@H]3C2)o1. The van der Waals surface area contributed by atoms with Gasteiger partial charge in [0.05, 0.1) is 18.3 Å². The molecule has 0 aromatic carbocycles. The molecule has 4 rings (SSSR count). The number of fused-ring (bicyclic) bond motifs is 1. The van der Waals surface area contributed by atoms with Crippen molar-refractivity contribution in [2.75, 3.05) is 13.1 Å². The van der Waals surface area contributed by atoms with Crippen molar-refractivity contribution in [2.45, 2.75) is 38.5 Å². The Kier molecular flexibility index (Phi) is 3.68. The largest absolute Gasteiger partial charge is 0.465 e. The minimum absolute atomic E-state index is 0.129. The molecule has 2 saturated heterocycles. The Morgan fingerprint density at radius 1 is 1.32 bits per heavy atom. The van der Waals surface area contributed by atoms with Gasteiger partial charge in [-0.1, -0.05) is 0 Å². The molecule has 2 aromatic heterocycles. The van der Waals surface area contributed by atoms with Crippen molar-refractivity contribution in [3.05, 3.63) is 47.9 Å². The van der Waals surface area contributed by atoms with Gasteiger partial charge in [0.25, 0.3) is 0 Å². The van der Waals surface area contributed by atoms with Gasteiger partial charge in [-0.25, -0.2) is 9.97 Å². The van der Waals surface area contributed by atoms with E-state index in [4.69, 9.17) is 9.15 Å². The van der Waals surface area contributed by atoms with Crippen LogP contribution in [0.2, 0.25) is 0 Å². The van der Waals surface area contributed by atoms with Gasteiger partial charge in [0.1, 0.15) is 24.0 Å². The minimum atomic E-state index is 0.129. The van der Waals surface area contributed by atoms with Crippen LogP contribution in [0.3, 0.4) is 0 Å². The molecule has 5 nitrogen and oxygen atoms in total. The molecule has 0 radical (unpaired) electrons. The number of furan rings is 1. The zero-order valence-electron chi connectivity index (χ0n) is 12.8. The fraction of sp³-hybridized carbons (Fsp3) is 0.529. The van der Waals surface area contributed by atoms with Crippen LogP contribution in [0.15, 0.2) is 35.1 Å². The Bertz CT molecular complexity index is 628. The quantitative estimate of drug-likeness (QED) is 0.872. The summed E-state index contributed by atoms with van der Waals surface area (Å²) in [7, 11) is 0. The fourth-order valence-electron chi connectivity index (χ4n) is 3.61. The first kappa shape index (κ1) is 13.9. The van der Waals surface area contributed by atoms with Crippen LogP contribution < -0.4 is 0 Å². The van der Waals surface area contributed by atoms with Crippen LogP contribution >= 0.6 is 0 Å². The molecule has 2 fully saturated rings. The molecule has 5 heteroatoms. The second-order valence-corrected chi connectivity index (χ2v) is 6.33. The molecule has 116 valence electrons. The topological polar surface area (TPSA) is 51.4 Å². The Labute approximate surface area is 130 Å². The van der Waals surface area contributed by atoms with Gasteiger partial charge in [-0.15, -0.1) is 0 Å². The highest BCUT2D eigenvalue weighted by atomic mass is 16.5. The van der Waals surface area contributed by atoms with Crippen LogP contribution in [0, 0.1) is 12.8 Å². The summed E-state index contributed by atoms with van der Waals surface area (Å²) in [5, 5.41) is 0. The highest BCUT2D eigenvalue weighted by Gasteiger charge is 2.40. The van der Waals surface area contributed by atoms with Crippen molar-refractivity contribution in [3.8, 4) is 0 Å². The second-order valence-electron chi connectivity index (χ2n) is 6.33. The summed E-state index contributed by atoms with van der Waals surface area (Å²) < 4.78 is 12.0. The van der Waals surface area contributed by atoms with Crippen LogP contribution in [-0.2, 0) is 11.3 Å². The molecule has 2 aliphatic rings. The number of hydrogen-bond donors (Lipinski definition) is 0. The summed E-state index contributed by atoms with van der Waals surface area (Å²) in [5.41, 5.74) is 1.01. The maximum Gasteiger partial charge on any atom is 0.118 e. The number of nitrogens with zero attached hydrogens (tertiary/aromatic N) is 3. The second kappa shape index (κ2) is 5.82. The van der Waals surface area contributed by atoms with Gasteiger partial charge in [-0.05, 0) is 50.4 Å². The summed E-state index contributed by atoms with van der Waals surface area (Å²) >= 11 is 0. The van der Waals surface area contributed by atoms with E-state index in [1.807, 2.05) is 19.1 Å². The van der Waals surface area contributed by atoms with Gasteiger partial charge < -0.3 is 9.15 Å². The third kappa shape index (κ3) is 2.78. The molecule has 0 unspecified atom stereocenters. The highest BCUT2D eigenvalue weighted by Crippen LogP contribution is 2.40. The normalized spacial score (nSPS) is 28.7. The standard InChI is InChI=1S/C17H21N3O2/c1-12-2-3-14(21-12)9-20-7-5-13-8-16(22-17(13)10-20)15-4-6-18-11-19-15/h2-4,6,11,13,16-17H,5,7-10H2,1H3/t13-,16-,17+/m1/s1. The molecule has 0 amide bonds. The molecule has 2 aliphatic heterocycles. The van der Waals surface area contributed by atoms with E-state index < -0.39 is 0 Å². The first-order valence-corrected chi connectivity index (χ1v) is 7.97. The lowest BCUT2D eigenvalue weighted by molar-refractivity contribution is -0.0120. The average Bonchev–Trinajstić information content (AvgIpc) is 3.14. The van der Waals surface area contributed by atoms with E-state index in [-0.39, 0.29) is 6.10 Å². The van der Waals surface area contributed by atoms with E-state index in [0.717, 1.165) is 43.3 Å². The molecule has 2 aromatic rings. The number of likely N-dealkylation sites (tertiary alicyclic amines) is 1. The number of ether oxygens (including phenoxy) is 1. The van der Waals surface area contributed by atoms with Crippen molar-refractivity contribution >= 4 is 0 Å². The molecule has 0 saturated carbocycles. The van der Waals surface area contributed by atoms with E-state index in [0.29, 0.717) is 12.0 Å². The first-order chi connectivity index (χ1) is 10.8. The third-order valence-corrected chi connectivity index (χ3v) is 4.75. The molecule has 22 heavy (non-hydrogen) atoms. The summed E-state index contributed by atoms with van der Waals surface area (Å²) in [4.78, 5) is 10.8. The molecule has 3 atom stereocenters. The van der Waals surface area contributed by atoms with Crippen LogP contribution in [0.25, 0.3) is 0 Å². The lowest BCUT2D eigenvalue weighted by atomic mass is 9.91. The number of piperidine rings is 1. The molecule has 4 heterocycles. The van der Waals surface area contributed by atoms with Crippen LogP contribution in [0.1, 0.15) is 36.2 Å². The first-order valence-electron chi connectivity index (χ1n) is 7.97. The van der Waals surface area contributed by atoms with Crippen molar-refractivity contribution in [1.29, 1.82) is 0 Å². The lowest BCUT2D eigenvalue weighted by Gasteiger charge is -2.33. The third-order valence-electron chi connectivity index (χ3n) is 4.75. The van der Waals surface area contributed by atoms with Crippen LogP contribution in [-0.4, -0.2) is 34.1 Å². The van der Waals surface area contributed by atoms with Gasteiger partial charge in [0.15, 0.2) is 0 Å². The van der Waals surface area contributed by atoms with E-state index in [2.05, 4.69) is 20.9 Å². The van der Waals surface area contributed by atoms with Crippen molar-refractivity contribution < 1.29 is 9.15 Å². The Morgan fingerprint density at radius 2 is 2.27 bits per heavy atom. The average molecular weight is 299 g/mol. The van der Waals surface area contributed by atoms with Crippen LogP contribution in [0.5, 0.6) is 0 Å². The monoisotopic (exact) mass is 299 g/mol. The fourth-order valence-corrected chi connectivity index (χ4v) is 3.61. The smallest absolute Gasteiger partial charge is 0.118 e. The lowest BCUT2D eigenvalue weighted by Crippen LogP contribution is -2.41. The predicted molar refractivity (Wildman–Crippen MR) is 81.1 cm³/mol. The van der Waals surface area contributed by atoms with Crippen molar-refractivity contribution in [3.63, 3.8) is 0 Å². The van der Waals surface area contributed by atoms with Gasteiger partial charge >= 0.3 is 0 Å². The minimum Gasteiger partial charge on any atom is -0.465 e. The maximum atomic E-state index is 6.26. The number of aryl methyl sites for hydroxylation is 1. The molecular formula is C17H21N3O2. The Morgan fingerprint density at radius 3 is 3.05 bits per heavy atom. The summed E-state index contributed by atoms with van der Waals surface area (Å²) in [6.45, 7) is 4.95. The van der Waals surface area contributed by atoms with E-state index in [1.165, 1.54) is 6.42 Å². The highest BCUT2D eigenvalue weighted by molar-refractivity contribution is 5.08. The Balaban J connectivity index is 1.39. The van der Waals surface area contributed by atoms with E-state index in [1.54, 1.807) is 12.5 Å². The van der Waals surface area contributed by atoms with E-state index in [9.17, 15) is 0 Å². The van der Waals surface area contributed by atoms with Crippen molar-refractivity contribution in [2.24, 2.45) is 5.92 Å². The maximum absolute atomic E-state index is 6.26. The number of rotatable bonds is 3. The van der Waals surface area contributed by atoms with Crippen LogP contribution in [0.4, 0.5) is 0 Å². The molecule has 0 spiro atoms. The zero-order chi connectivity index (χ0) is 14.9. The van der Waals surface area contributed by atoms with E-state index >= 15 is 0 Å². The molecule has 0 N–H and O–H groups in total. The molecular weight excluding hydrogens is 278 g/mol. The Hall–Kier alpha value is -1.72. The summed E-state index contributed by atoms with van der Waals surface area (Å²) in [6, 6.07) is 6.06. The van der Waals surface area contributed by atoms with Gasteiger partial charge in [-0.2, -0.15) is 0 Å². The number of aromatic nitrogens is 2. The summed E-state index contributed by atoms with van der Waals surface area (Å²) in [5.74, 6) is 2.67. The van der Waals surface area contributed by atoms with Gasteiger partial charge in [0.2, 0.25) is 0 Å². The van der Waals surface area contributed by atoms with Gasteiger partial charge in [-0.3, -0.25) is 4.90 Å². The molecule has 0 bridgehead atoms. The van der Waals surface area contributed by atoms with Crippen molar-refractivity contribution in [1.82, 2.24) is 14.9 Å². The zero-order valence-corrected chi connectivity index (χ0v) is 12.8. The summed E-state index contributed by atoms with van der Waals surface area (Å²) in [6.07, 6.45) is 6.10. The number of hydrogen-bond acceptors (Lipinski definition) is 5. The molecule has 0 aliphatic carbocycles. The van der Waals surface area contributed by atoms with Gasteiger partial charge in [0, 0.05) is 12.7 Å². The predicted octanol–water partition coefficient (Wildman–Crippen LogP) is 2.73.